The minimum atomic E-state index is -0.353. The van der Waals surface area contributed by atoms with E-state index in [2.05, 4.69) is 31.2 Å². The van der Waals surface area contributed by atoms with Crippen LogP contribution in [0.4, 0.5) is 4.39 Å². The van der Waals surface area contributed by atoms with Crippen molar-refractivity contribution in [2.45, 2.75) is 26.7 Å². The molecular formula is C22H20ClF. The van der Waals surface area contributed by atoms with Crippen LogP contribution in [0.2, 0.25) is 5.02 Å². The van der Waals surface area contributed by atoms with Crippen LogP contribution in [0.15, 0.2) is 60.7 Å². The van der Waals surface area contributed by atoms with Gasteiger partial charge >= 0.3 is 0 Å². The largest absolute Gasteiger partial charge is 0.205 e. The number of hydrogen-bond donors (Lipinski definition) is 0. The Morgan fingerprint density at radius 2 is 1.33 bits per heavy atom. The van der Waals surface area contributed by atoms with E-state index in [1.54, 1.807) is 13.0 Å². The fourth-order valence-electron chi connectivity index (χ4n) is 2.86. The highest BCUT2D eigenvalue weighted by Crippen LogP contribution is 2.31. The normalized spacial score (nSPS) is 10.8. The lowest BCUT2D eigenvalue weighted by Crippen LogP contribution is -1.89. The Hall–Kier alpha value is -2.12. The molecule has 0 aliphatic rings. The molecule has 0 fully saturated rings. The molecule has 0 radical (unpaired) electrons. The zero-order valence-corrected chi connectivity index (χ0v) is 14.7. The third-order valence-electron chi connectivity index (χ3n) is 4.30. The second-order valence-corrected chi connectivity index (χ2v) is 6.46. The topological polar surface area (TPSA) is 0 Å². The smallest absolute Gasteiger partial charge is 0.149 e. The van der Waals surface area contributed by atoms with Gasteiger partial charge in [0.25, 0.3) is 0 Å². The van der Waals surface area contributed by atoms with Crippen LogP contribution in [-0.2, 0) is 6.42 Å². The lowest BCUT2D eigenvalue weighted by Gasteiger charge is -2.09. The molecule has 2 heteroatoms. The summed E-state index contributed by atoms with van der Waals surface area (Å²) in [5.41, 5.74) is 5.77. The first kappa shape index (κ1) is 16.7. The molecule has 0 heterocycles. The fourth-order valence-corrected chi connectivity index (χ4v) is 3.03. The first-order valence-electron chi connectivity index (χ1n) is 8.24. The van der Waals surface area contributed by atoms with Gasteiger partial charge < -0.3 is 0 Å². The summed E-state index contributed by atoms with van der Waals surface area (Å²) < 4.78 is 14.4. The van der Waals surface area contributed by atoms with Gasteiger partial charge in [-0.2, -0.15) is 0 Å². The second kappa shape index (κ2) is 7.19. The average molecular weight is 339 g/mol. The van der Waals surface area contributed by atoms with Crippen LogP contribution in [0.5, 0.6) is 0 Å². The molecule has 0 amide bonds. The highest BCUT2D eigenvalue weighted by molar-refractivity contribution is 6.31. The number of hydrogen-bond acceptors (Lipinski definition) is 0. The van der Waals surface area contributed by atoms with E-state index >= 15 is 0 Å². The number of rotatable bonds is 4. The third kappa shape index (κ3) is 3.37. The zero-order chi connectivity index (χ0) is 17.1. The summed E-state index contributed by atoms with van der Waals surface area (Å²) in [6.07, 6.45) is 2.26. The summed E-state index contributed by atoms with van der Waals surface area (Å²) >= 11 is 6.03. The van der Waals surface area contributed by atoms with Crippen molar-refractivity contribution in [1.82, 2.24) is 0 Å². The molecule has 122 valence electrons. The molecule has 0 aliphatic heterocycles. The summed E-state index contributed by atoms with van der Waals surface area (Å²) in [6.45, 7) is 3.99. The first-order chi connectivity index (χ1) is 11.6. The van der Waals surface area contributed by atoms with E-state index in [0.717, 1.165) is 29.5 Å². The Morgan fingerprint density at radius 3 is 1.92 bits per heavy atom. The molecule has 0 nitrogen and oxygen atoms in total. The molecule has 3 aromatic carbocycles. The van der Waals surface area contributed by atoms with Crippen molar-refractivity contribution in [3.63, 3.8) is 0 Å². The van der Waals surface area contributed by atoms with E-state index in [1.165, 1.54) is 11.1 Å². The Kier molecular flexibility index (Phi) is 5.01. The molecule has 0 saturated heterocycles. The molecule has 0 bridgehead atoms. The molecule has 24 heavy (non-hydrogen) atoms. The average Bonchev–Trinajstić information content (AvgIpc) is 2.61. The standard InChI is InChI=1S/C22H20ClF/c1-3-4-16-6-8-17(9-7-16)18-10-12-19(13-11-18)20-14-5-15(2)21(23)22(20)24/h5-14H,3-4H2,1-2H3. The monoisotopic (exact) mass is 338 g/mol. The summed E-state index contributed by atoms with van der Waals surface area (Å²) in [5, 5.41) is 0.197. The van der Waals surface area contributed by atoms with E-state index in [-0.39, 0.29) is 10.8 Å². The fraction of sp³-hybridized carbons (Fsp3) is 0.182. The molecule has 0 unspecified atom stereocenters. The van der Waals surface area contributed by atoms with Crippen LogP contribution in [-0.4, -0.2) is 0 Å². The number of benzene rings is 3. The van der Waals surface area contributed by atoms with E-state index in [9.17, 15) is 4.39 Å². The maximum atomic E-state index is 14.4. The van der Waals surface area contributed by atoms with Gasteiger partial charge in [-0.15, -0.1) is 0 Å². The van der Waals surface area contributed by atoms with E-state index in [1.807, 2.05) is 30.3 Å². The van der Waals surface area contributed by atoms with E-state index < -0.39 is 0 Å². The van der Waals surface area contributed by atoms with Crippen LogP contribution in [0.25, 0.3) is 22.3 Å². The molecule has 0 aliphatic carbocycles. The highest BCUT2D eigenvalue weighted by atomic mass is 35.5. The van der Waals surface area contributed by atoms with Gasteiger partial charge in [0.05, 0.1) is 5.02 Å². The first-order valence-corrected chi connectivity index (χ1v) is 8.62. The second-order valence-electron chi connectivity index (χ2n) is 6.08. The quantitative estimate of drug-likeness (QED) is 0.477. The molecule has 0 aromatic heterocycles. The van der Waals surface area contributed by atoms with Crippen molar-refractivity contribution in [3.05, 3.63) is 82.6 Å². The number of halogens is 2. The minimum absolute atomic E-state index is 0.197. The van der Waals surface area contributed by atoms with Crippen molar-refractivity contribution in [2.75, 3.05) is 0 Å². The maximum Gasteiger partial charge on any atom is 0.149 e. The van der Waals surface area contributed by atoms with Crippen molar-refractivity contribution in [3.8, 4) is 22.3 Å². The Morgan fingerprint density at radius 1 is 0.792 bits per heavy atom. The van der Waals surface area contributed by atoms with Gasteiger partial charge in [-0.3, -0.25) is 0 Å². The highest BCUT2D eigenvalue weighted by Gasteiger charge is 2.11. The molecule has 0 spiro atoms. The van der Waals surface area contributed by atoms with Crippen molar-refractivity contribution in [1.29, 1.82) is 0 Å². The lowest BCUT2D eigenvalue weighted by atomic mass is 9.98. The van der Waals surface area contributed by atoms with Crippen molar-refractivity contribution >= 4 is 11.6 Å². The summed E-state index contributed by atoms with van der Waals surface area (Å²) in [4.78, 5) is 0. The van der Waals surface area contributed by atoms with E-state index in [0.29, 0.717) is 5.56 Å². The number of aryl methyl sites for hydroxylation is 2. The van der Waals surface area contributed by atoms with Crippen LogP contribution in [0.1, 0.15) is 24.5 Å². The third-order valence-corrected chi connectivity index (χ3v) is 4.76. The molecule has 3 aromatic rings. The van der Waals surface area contributed by atoms with Crippen molar-refractivity contribution in [2.24, 2.45) is 0 Å². The maximum absolute atomic E-state index is 14.4. The van der Waals surface area contributed by atoms with Crippen LogP contribution in [0.3, 0.4) is 0 Å². The van der Waals surface area contributed by atoms with Gasteiger partial charge in [-0.1, -0.05) is 85.6 Å². The van der Waals surface area contributed by atoms with Crippen molar-refractivity contribution < 1.29 is 4.39 Å². The minimum Gasteiger partial charge on any atom is -0.205 e. The molecule has 0 atom stereocenters. The van der Waals surface area contributed by atoms with Crippen LogP contribution in [0, 0.1) is 12.7 Å². The van der Waals surface area contributed by atoms with Gasteiger partial charge in [-0.25, -0.2) is 4.39 Å². The zero-order valence-electron chi connectivity index (χ0n) is 13.9. The van der Waals surface area contributed by atoms with Crippen LogP contribution >= 0.6 is 11.6 Å². The summed E-state index contributed by atoms with van der Waals surface area (Å²) in [5.74, 6) is -0.353. The Balaban J connectivity index is 1.89. The summed E-state index contributed by atoms with van der Waals surface area (Å²) in [7, 11) is 0. The van der Waals surface area contributed by atoms with E-state index in [4.69, 9.17) is 11.6 Å². The van der Waals surface area contributed by atoms with Gasteiger partial charge in [-0.05, 0) is 41.2 Å². The SMILES string of the molecule is CCCc1ccc(-c2ccc(-c3ccc(C)c(Cl)c3F)cc2)cc1. The van der Waals surface area contributed by atoms with Gasteiger partial charge in [0, 0.05) is 5.56 Å². The molecular weight excluding hydrogens is 319 g/mol. The lowest BCUT2D eigenvalue weighted by molar-refractivity contribution is 0.630. The predicted octanol–water partition coefficient (Wildman–Crippen LogP) is 7.07. The Labute approximate surface area is 147 Å². The van der Waals surface area contributed by atoms with Gasteiger partial charge in [0.1, 0.15) is 5.82 Å². The van der Waals surface area contributed by atoms with Gasteiger partial charge in [0.2, 0.25) is 0 Å². The molecule has 0 N–H and O–H groups in total. The summed E-state index contributed by atoms with van der Waals surface area (Å²) in [6, 6.07) is 20.2. The predicted molar refractivity (Wildman–Crippen MR) is 101 cm³/mol. The Bertz CT molecular complexity index is 833. The molecule has 0 saturated carbocycles. The molecule has 3 rings (SSSR count). The van der Waals surface area contributed by atoms with Crippen LogP contribution < -0.4 is 0 Å². The van der Waals surface area contributed by atoms with Gasteiger partial charge in [0.15, 0.2) is 0 Å².